The van der Waals surface area contributed by atoms with E-state index in [0.717, 1.165) is 44.8 Å². The summed E-state index contributed by atoms with van der Waals surface area (Å²) in [6.07, 6.45) is -0.647. The van der Waals surface area contributed by atoms with Gasteiger partial charge in [-0.25, -0.2) is 9.48 Å². The molecule has 1 aromatic heterocycles. The molecule has 1 amide bonds. The standard InChI is InChI=1S/C32H38N6O4/c1-4-33-32(41)42-31-30(38(35-34-31)27-18-26(22(2)3)28(39)19-29(27)40)25-12-10-24(11-13-25)21-37-16-14-36(15-17-37)20-23-8-6-5-7-9-23/h5-13,18-19,22,39-40H,4,14-17,20-21H2,1-3H3,(H,33,41). The second-order valence-corrected chi connectivity index (χ2v) is 10.9. The van der Waals surface area contributed by atoms with E-state index in [-0.39, 0.29) is 23.3 Å². The van der Waals surface area contributed by atoms with E-state index in [4.69, 9.17) is 4.74 Å². The van der Waals surface area contributed by atoms with Crippen LogP contribution in [0.3, 0.4) is 0 Å². The first-order valence-corrected chi connectivity index (χ1v) is 14.4. The van der Waals surface area contributed by atoms with Gasteiger partial charge >= 0.3 is 6.09 Å². The molecule has 1 fully saturated rings. The van der Waals surface area contributed by atoms with E-state index in [0.29, 0.717) is 29.1 Å². The Morgan fingerprint density at radius 2 is 1.52 bits per heavy atom. The van der Waals surface area contributed by atoms with Crippen molar-refractivity contribution in [3.8, 4) is 34.3 Å². The van der Waals surface area contributed by atoms with E-state index >= 15 is 0 Å². The van der Waals surface area contributed by atoms with E-state index in [1.807, 2.05) is 32.0 Å². The molecule has 0 aliphatic carbocycles. The van der Waals surface area contributed by atoms with Crippen LogP contribution in [-0.2, 0) is 13.1 Å². The molecule has 3 aromatic carbocycles. The highest BCUT2D eigenvalue weighted by molar-refractivity contribution is 5.75. The normalized spacial score (nSPS) is 14.3. The SMILES string of the molecule is CCNC(=O)Oc1nnn(-c2cc(C(C)C)c(O)cc2O)c1-c1ccc(CN2CCN(Cc3ccccc3)CC2)cc1. The number of amides is 1. The molecule has 0 atom stereocenters. The van der Waals surface area contributed by atoms with E-state index < -0.39 is 6.09 Å². The van der Waals surface area contributed by atoms with Gasteiger partial charge in [0.1, 0.15) is 22.9 Å². The first-order valence-electron chi connectivity index (χ1n) is 14.4. The Labute approximate surface area is 246 Å². The van der Waals surface area contributed by atoms with Crippen molar-refractivity contribution < 1.29 is 19.7 Å². The van der Waals surface area contributed by atoms with Crippen LogP contribution in [0.1, 0.15) is 43.4 Å². The number of phenolic OH excluding ortho intramolecular Hbond substituents is 2. The van der Waals surface area contributed by atoms with Crippen LogP contribution in [0.15, 0.2) is 66.7 Å². The lowest BCUT2D eigenvalue weighted by Gasteiger charge is -2.34. The van der Waals surface area contributed by atoms with Crippen molar-refractivity contribution in [1.29, 1.82) is 0 Å². The van der Waals surface area contributed by atoms with Crippen molar-refractivity contribution >= 4 is 6.09 Å². The molecule has 2 heterocycles. The Balaban J connectivity index is 1.36. The topological polar surface area (TPSA) is 116 Å². The Bertz CT molecular complexity index is 1500. The molecule has 1 aliphatic heterocycles. The molecular weight excluding hydrogens is 532 g/mol. The first-order chi connectivity index (χ1) is 20.3. The average molecular weight is 571 g/mol. The lowest BCUT2D eigenvalue weighted by Crippen LogP contribution is -2.45. The summed E-state index contributed by atoms with van der Waals surface area (Å²) < 4.78 is 6.94. The number of carbonyl (C=O) groups excluding carboxylic acids is 1. The summed E-state index contributed by atoms with van der Waals surface area (Å²) in [5.74, 6) is -0.156. The van der Waals surface area contributed by atoms with Crippen LogP contribution in [0.4, 0.5) is 4.79 Å². The summed E-state index contributed by atoms with van der Waals surface area (Å²) in [5.41, 5.74) is 4.60. The number of aromatic hydroxyl groups is 2. The molecule has 1 aliphatic rings. The van der Waals surface area contributed by atoms with E-state index in [2.05, 4.69) is 61.8 Å². The first kappa shape index (κ1) is 29.1. The maximum atomic E-state index is 12.3. The fourth-order valence-electron chi connectivity index (χ4n) is 5.21. The molecule has 1 saturated heterocycles. The van der Waals surface area contributed by atoms with Gasteiger partial charge < -0.3 is 20.3 Å². The van der Waals surface area contributed by atoms with Crippen molar-refractivity contribution in [2.24, 2.45) is 0 Å². The van der Waals surface area contributed by atoms with Crippen molar-refractivity contribution in [2.75, 3.05) is 32.7 Å². The molecular formula is C32H38N6O4. The highest BCUT2D eigenvalue weighted by Gasteiger charge is 2.24. The smallest absolute Gasteiger partial charge is 0.414 e. The van der Waals surface area contributed by atoms with Crippen LogP contribution in [0.5, 0.6) is 17.4 Å². The molecule has 4 aromatic rings. The van der Waals surface area contributed by atoms with Crippen molar-refractivity contribution in [2.45, 2.75) is 39.8 Å². The number of hydrogen-bond acceptors (Lipinski definition) is 8. The maximum Gasteiger partial charge on any atom is 0.414 e. The van der Waals surface area contributed by atoms with Gasteiger partial charge in [0.2, 0.25) is 0 Å². The Kier molecular flexibility index (Phi) is 9.04. The van der Waals surface area contributed by atoms with E-state index in [1.165, 1.54) is 16.3 Å². The molecule has 0 spiro atoms. The lowest BCUT2D eigenvalue weighted by atomic mass is 10.0. The maximum absolute atomic E-state index is 12.3. The molecule has 42 heavy (non-hydrogen) atoms. The monoisotopic (exact) mass is 570 g/mol. The molecule has 220 valence electrons. The second-order valence-electron chi connectivity index (χ2n) is 10.9. The van der Waals surface area contributed by atoms with Crippen LogP contribution in [0.25, 0.3) is 16.9 Å². The van der Waals surface area contributed by atoms with Crippen LogP contribution >= 0.6 is 0 Å². The highest BCUT2D eigenvalue weighted by atomic mass is 16.6. The number of phenols is 2. The molecule has 0 radical (unpaired) electrons. The number of aromatic nitrogens is 3. The predicted molar refractivity (Wildman–Crippen MR) is 161 cm³/mol. The van der Waals surface area contributed by atoms with Crippen LogP contribution in [-0.4, -0.2) is 73.8 Å². The zero-order valence-electron chi connectivity index (χ0n) is 24.3. The summed E-state index contributed by atoms with van der Waals surface area (Å²) in [6, 6.07) is 21.5. The molecule has 0 saturated carbocycles. The number of hydrogen-bond donors (Lipinski definition) is 3. The van der Waals surface area contributed by atoms with Crippen LogP contribution in [0, 0.1) is 0 Å². The molecule has 10 nitrogen and oxygen atoms in total. The van der Waals surface area contributed by atoms with Gasteiger partial charge in [0.05, 0.1) is 0 Å². The highest BCUT2D eigenvalue weighted by Crippen LogP contribution is 2.38. The van der Waals surface area contributed by atoms with Crippen molar-refractivity contribution in [3.05, 3.63) is 83.4 Å². The minimum Gasteiger partial charge on any atom is -0.508 e. The van der Waals surface area contributed by atoms with Gasteiger partial charge in [-0.15, -0.1) is 0 Å². The summed E-state index contributed by atoms with van der Waals surface area (Å²) in [4.78, 5) is 17.2. The number of nitrogens with one attached hydrogen (secondary N) is 1. The van der Waals surface area contributed by atoms with Gasteiger partial charge in [-0.2, -0.15) is 0 Å². The zero-order chi connectivity index (χ0) is 29.6. The van der Waals surface area contributed by atoms with Gasteiger partial charge in [0.15, 0.2) is 0 Å². The third-order valence-corrected chi connectivity index (χ3v) is 7.47. The summed E-state index contributed by atoms with van der Waals surface area (Å²) in [7, 11) is 0. The number of ether oxygens (including phenoxy) is 1. The fourth-order valence-corrected chi connectivity index (χ4v) is 5.21. The van der Waals surface area contributed by atoms with E-state index in [9.17, 15) is 15.0 Å². The average Bonchev–Trinajstić information content (AvgIpc) is 3.38. The number of benzene rings is 3. The Hall–Kier alpha value is -4.41. The summed E-state index contributed by atoms with van der Waals surface area (Å²) in [6.45, 7) is 11.9. The van der Waals surface area contributed by atoms with Crippen molar-refractivity contribution in [3.63, 3.8) is 0 Å². The fraction of sp³-hybridized carbons (Fsp3) is 0.344. The quantitative estimate of drug-likeness (QED) is 0.260. The lowest BCUT2D eigenvalue weighted by molar-refractivity contribution is 0.122. The van der Waals surface area contributed by atoms with Crippen molar-refractivity contribution in [1.82, 2.24) is 30.1 Å². The predicted octanol–water partition coefficient (Wildman–Crippen LogP) is 4.90. The third-order valence-electron chi connectivity index (χ3n) is 7.47. The van der Waals surface area contributed by atoms with Crippen LogP contribution < -0.4 is 10.1 Å². The molecule has 0 unspecified atom stereocenters. The summed E-state index contributed by atoms with van der Waals surface area (Å²) >= 11 is 0. The van der Waals surface area contributed by atoms with Gasteiger partial charge in [-0.05, 0) is 35.6 Å². The van der Waals surface area contributed by atoms with Gasteiger partial charge in [-0.1, -0.05) is 78.8 Å². The number of nitrogens with zero attached hydrogens (tertiary/aromatic N) is 5. The molecule has 10 heteroatoms. The van der Waals surface area contributed by atoms with E-state index in [1.54, 1.807) is 13.0 Å². The second kappa shape index (κ2) is 13.1. The molecule has 0 bridgehead atoms. The number of carbonyl (C=O) groups is 1. The molecule has 3 N–H and O–H groups in total. The van der Waals surface area contributed by atoms with Gasteiger partial charge in [-0.3, -0.25) is 9.80 Å². The Morgan fingerprint density at radius 3 is 2.12 bits per heavy atom. The number of piperazine rings is 1. The summed E-state index contributed by atoms with van der Waals surface area (Å²) in [5, 5.41) is 32.1. The molecule has 5 rings (SSSR count). The largest absolute Gasteiger partial charge is 0.508 e. The van der Waals surface area contributed by atoms with Crippen LogP contribution in [0.2, 0.25) is 0 Å². The van der Waals surface area contributed by atoms with Gasteiger partial charge in [0.25, 0.3) is 5.88 Å². The number of rotatable bonds is 9. The minimum absolute atomic E-state index is 0.00172. The third kappa shape index (κ3) is 6.72. The van der Waals surface area contributed by atoms with Gasteiger partial charge in [0, 0.05) is 57.4 Å². The minimum atomic E-state index is -0.647. The zero-order valence-corrected chi connectivity index (χ0v) is 24.3. The Morgan fingerprint density at radius 1 is 0.905 bits per heavy atom.